The first-order chi connectivity index (χ1) is 8.10. The average molecular weight is 323 g/mol. The quantitative estimate of drug-likeness (QED) is 0.392. The van der Waals surface area contributed by atoms with Gasteiger partial charge in [0, 0.05) is 11.4 Å². The zero-order valence-electron chi connectivity index (χ0n) is 9.33. The van der Waals surface area contributed by atoms with Crippen LogP contribution in [0.4, 0.5) is 5.69 Å². The molecule has 0 heterocycles. The molecule has 0 aromatic heterocycles. The van der Waals surface area contributed by atoms with Crippen molar-refractivity contribution < 1.29 is 14.3 Å². The van der Waals surface area contributed by atoms with Gasteiger partial charge in [-0.25, -0.2) is 4.79 Å². The fourth-order valence-corrected chi connectivity index (χ4v) is 1.59. The maximum atomic E-state index is 11.7. The van der Waals surface area contributed by atoms with Crippen molar-refractivity contribution in [1.29, 1.82) is 0 Å². The van der Waals surface area contributed by atoms with Crippen LogP contribution in [0.3, 0.4) is 0 Å². The first-order valence-electron chi connectivity index (χ1n) is 4.96. The molecule has 0 aliphatic rings. The van der Waals surface area contributed by atoms with Crippen molar-refractivity contribution in [2.45, 2.75) is 6.42 Å². The molecule has 0 bridgehead atoms. The van der Waals surface area contributed by atoms with E-state index in [4.69, 9.17) is 26.8 Å². The number of alkyl halides is 1. The Morgan fingerprint density at radius 2 is 2.24 bits per heavy atom. The molecule has 1 rings (SSSR count). The Hall–Kier alpha value is -0.940. The van der Waals surface area contributed by atoms with E-state index in [9.17, 15) is 4.79 Å². The second-order valence-electron chi connectivity index (χ2n) is 3.25. The van der Waals surface area contributed by atoms with Gasteiger partial charge in [-0.15, -0.1) is 0 Å². The molecule has 0 spiro atoms. The molecule has 0 unspecified atom stereocenters. The molecule has 0 amide bonds. The highest BCUT2D eigenvalue weighted by molar-refractivity contribution is 9.09. The van der Waals surface area contributed by atoms with E-state index in [1.54, 1.807) is 0 Å². The number of methoxy groups -OCH3 is 1. The second kappa shape index (κ2) is 6.71. The van der Waals surface area contributed by atoms with Crippen LogP contribution in [-0.2, 0) is 4.74 Å². The van der Waals surface area contributed by atoms with Gasteiger partial charge in [-0.05, 0) is 12.5 Å². The van der Waals surface area contributed by atoms with Crippen LogP contribution in [0.15, 0.2) is 12.1 Å². The third-order valence-electron chi connectivity index (χ3n) is 2.05. The number of rotatable bonds is 5. The Morgan fingerprint density at radius 1 is 1.53 bits per heavy atom. The molecular formula is C11H13BrClNO3. The number of anilines is 1. The first-order valence-corrected chi connectivity index (χ1v) is 6.46. The number of carbonyl (C=O) groups excluding carboxylic acids is 1. The lowest BCUT2D eigenvalue weighted by molar-refractivity contribution is 0.0503. The van der Waals surface area contributed by atoms with Crippen LogP contribution in [0.5, 0.6) is 5.75 Å². The smallest absolute Gasteiger partial charge is 0.341 e. The van der Waals surface area contributed by atoms with Gasteiger partial charge in [0.2, 0.25) is 0 Å². The van der Waals surface area contributed by atoms with E-state index in [-0.39, 0.29) is 5.56 Å². The third kappa shape index (κ3) is 3.78. The van der Waals surface area contributed by atoms with E-state index in [1.807, 2.05) is 0 Å². The summed E-state index contributed by atoms with van der Waals surface area (Å²) in [6.07, 6.45) is 0.747. The fraction of sp³-hybridized carbons (Fsp3) is 0.364. The maximum absolute atomic E-state index is 11.7. The highest BCUT2D eigenvalue weighted by Crippen LogP contribution is 2.29. The minimum atomic E-state index is -0.468. The van der Waals surface area contributed by atoms with E-state index in [1.165, 1.54) is 19.2 Å². The molecule has 0 radical (unpaired) electrons. The van der Waals surface area contributed by atoms with Gasteiger partial charge < -0.3 is 15.2 Å². The molecule has 0 aliphatic carbocycles. The van der Waals surface area contributed by atoms with Crippen molar-refractivity contribution in [2.75, 3.05) is 24.8 Å². The molecule has 0 saturated heterocycles. The van der Waals surface area contributed by atoms with Crippen LogP contribution in [-0.4, -0.2) is 25.0 Å². The van der Waals surface area contributed by atoms with Crippen LogP contribution in [0, 0.1) is 0 Å². The molecule has 0 saturated carbocycles. The van der Waals surface area contributed by atoms with Crippen LogP contribution in [0.2, 0.25) is 5.02 Å². The van der Waals surface area contributed by atoms with Crippen molar-refractivity contribution in [3.8, 4) is 5.75 Å². The third-order valence-corrected chi connectivity index (χ3v) is 2.94. The largest absolute Gasteiger partial charge is 0.496 e. The summed E-state index contributed by atoms with van der Waals surface area (Å²) < 4.78 is 10.1. The summed E-state index contributed by atoms with van der Waals surface area (Å²) in [7, 11) is 1.46. The van der Waals surface area contributed by atoms with E-state index < -0.39 is 5.97 Å². The lowest BCUT2D eigenvalue weighted by Gasteiger charge is -2.10. The molecule has 17 heavy (non-hydrogen) atoms. The minimum absolute atomic E-state index is 0.279. The summed E-state index contributed by atoms with van der Waals surface area (Å²) in [4.78, 5) is 11.7. The average Bonchev–Trinajstić information content (AvgIpc) is 2.32. The van der Waals surface area contributed by atoms with Crippen molar-refractivity contribution >= 4 is 39.2 Å². The summed E-state index contributed by atoms with van der Waals surface area (Å²) >= 11 is 9.10. The number of carbonyl (C=O) groups is 1. The number of nitrogen functional groups attached to an aromatic ring is 1. The van der Waals surface area contributed by atoms with Gasteiger partial charge in [0.25, 0.3) is 0 Å². The number of halogens is 2. The molecule has 1 aromatic carbocycles. The molecule has 4 nitrogen and oxygen atoms in total. The van der Waals surface area contributed by atoms with E-state index >= 15 is 0 Å². The number of hydrogen-bond donors (Lipinski definition) is 1. The van der Waals surface area contributed by atoms with Gasteiger partial charge in [0.05, 0.1) is 24.4 Å². The predicted molar refractivity (Wildman–Crippen MR) is 71.1 cm³/mol. The van der Waals surface area contributed by atoms with Gasteiger partial charge in [0.1, 0.15) is 11.3 Å². The number of ether oxygens (including phenoxy) is 2. The number of hydrogen-bond acceptors (Lipinski definition) is 4. The number of benzene rings is 1. The van der Waals surface area contributed by atoms with Crippen LogP contribution >= 0.6 is 27.5 Å². The maximum Gasteiger partial charge on any atom is 0.341 e. The lowest BCUT2D eigenvalue weighted by Crippen LogP contribution is -2.09. The predicted octanol–water partition coefficient (Wildman–Crippen LogP) is 2.87. The summed E-state index contributed by atoms with van der Waals surface area (Å²) in [5, 5.41) is 1.08. The second-order valence-corrected chi connectivity index (χ2v) is 4.45. The van der Waals surface area contributed by atoms with Gasteiger partial charge in [0.15, 0.2) is 0 Å². The monoisotopic (exact) mass is 321 g/mol. The fourth-order valence-electron chi connectivity index (χ4n) is 1.19. The minimum Gasteiger partial charge on any atom is -0.496 e. The van der Waals surface area contributed by atoms with Gasteiger partial charge in [-0.3, -0.25) is 0 Å². The molecule has 2 N–H and O–H groups in total. The van der Waals surface area contributed by atoms with E-state index in [0.717, 1.165) is 11.8 Å². The highest BCUT2D eigenvalue weighted by atomic mass is 79.9. The molecule has 6 heteroatoms. The molecule has 1 aromatic rings. The number of esters is 1. The molecular weight excluding hydrogens is 309 g/mol. The zero-order valence-corrected chi connectivity index (χ0v) is 11.7. The summed E-state index contributed by atoms with van der Waals surface area (Å²) in [5.41, 5.74) is 6.26. The Labute approximate surface area is 113 Å². The SMILES string of the molecule is COc1cc(N)c(Cl)cc1C(=O)OCCCBr. The van der Waals surface area contributed by atoms with Gasteiger partial charge >= 0.3 is 5.97 Å². The lowest BCUT2D eigenvalue weighted by atomic mass is 10.2. The van der Waals surface area contributed by atoms with Crippen molar-refractivity contribution in [2.24, 2.45) is 0 Å². The summed E-state index contributed by atoms with van der Waals surface area (Å²) in [6.45, 7) is 0.342. The Kier molecular flexibility index (Phi) is 5.58. The van der Waals surface area contributed by atoms with E-state index in [2.05, 4.69) is 15.9 Å². The Morgan fingerprint density at radius 3 is 2.82 bits per heavy atom. The van der Waals surface area contributed by atoms with Crippen LogP contribution < -0.4 is 10.5 Å². The number of nitrogens with two attached hydrogens (primary N) is 1. The molecule has 0 fully saturated rings. The van der Waals surface area contributed by atoms with Crippen LogP contribution in [0.25, 0.3) is 0 Å². The topological polar surface area (TPSA) is 61.5 Å². The molecule has 0 aliphatic heterocycles. The van der Waals surface area contributed by atoms with E-state index in [0.29, 0.717) is 23.1 Å². The Balaban J connectivity index is 2.88. The summed E-state index contributed by atoms with van der Waals surface area (Å²) in [6, 6.07) is 2.95. The van der Waals surface area contributed by atoms with Crippen molar-refractivity contribution in [3.05, 3.63) is 22.7 Å². The van der Waals surface area contributed by atoms with Gasteiger partial charge in [-0.2, -0.15) is 0 Å². The standard InChI is InChI=1S/C11H13BrClNO3/c1-16-10-6-9(14)8(13)5-7(10)11(15)17-4-2-3-12/h5-6H,2-4,14H2,1H3. The highest BCUT2D eigenvalue weighted by Gasteiger charge is 2.16. The molecule has 0 atom stereocenters. The van der Waals surface area contributed by atoms with Crippen molar-refractivity contribution in [3.63, 3.8) is 0 Å². The Bertz CT molecular complexity index is 412. The first kappa shape index (κ1) is 14.1. The summed E-state index contributed by atoms with van der Waals surface area (Å²) in [5.74, 6) is -0.111. The normalized spacial score (nSPS) is 10.1. The van der Waals surface area contributed by atoms with Gasteiger partial charge in [-0.1, -0.05) is 27.5 Å². The molecule has 94 valence electrons. The van der Waals surface area contributed by atoms with Crippen molar-refractivity contribution in [1.82, 2.24) is 0 Å². The van der Waals surface area contributed by atoms with Crippen LogP contribution in [0.1, 0.15) is 16.8 Å². The zero-order chi connectivity index (χ0) is 12.8.